The smallest absolute Gasteiger partial charge is 0.259 e. The molecule has 0 radical (unpaired) electrons. The largest absolute Gasteiger partial charge is 0.493 e. The third-order valence-corrected chi connectivity index (χ3v) is 3.27. The van der Waals surface area contributed by atoms with E-state index < -0.39 is 0 Å². The molecule has 3 rings (SSSR count). The molecule has 0 unspecified atom stereocenters. The maximum atomic E-state index is 5.76. The molecular weight excluding hydrogens is 306 g/mol. The molecule has 0 bridgehead atoms. The highest BCUT2D eigenvalue weighted by atomic mass is 35.5. The summed E-state index contributed by atoms with van der Waals surface area (Å²) in [5.41, 5.74) is 1.46. The normalized spacial score (nSPS) is 10.5. The third kappa shape index (κ3) is 2.73. The minimum absolute atomic E-state index is 0.369. The summed E-state index contributed by atoms with van der Waals surface area (Å²) in [5, 5.41) is 4.38. The Balaban J connectivity index is 1.95. The van der Waals surface area contributed by atoms with E-state index in [0.29, 0.717) is 33.9 Å². The molecule has 0 saturated heterocycles. The van der Waals surface area contributed by atoms with E-state index in [-0.39, 0.29) is 0 Å². The SMILES string of the molecule is COc1ccc(-c2noc(-c3ccc(Cl)nc3)n2)cc1OC. The number of rotatable bonds is 4. The minimum Gasteiger partial charge on any atom is -0.493 e. The number of methoxy groups -OCH3 is 2. The molecule has 0 atom stereocenters. The van der Waals surface area contributed by atoms with Gasteiger partial charge in [0.1, 0.15) is 5.15 Å². The summed E-state index contributed by atoms with van der Waals surface area (Å²) in [4.78, 5) is 8.34. The van der Waals surface area contributed by atoms with Crippen molar-refractivity contribution >= 4 is 11.6 Å². The summed E-state index contributed by atoms with van der Waals surface area (Å²) in [6.07, 6.45) is 1.58. The van der Waals surface area contributed by atoms with Gasteiger partial charge in [-0.3, -0.25) is 0 Å². The molecule has 6 nitrogen and oxygen atoms in total. The maximum absolute atomic E-state index is 5.76. The molecule has 0 aliphatic rings. The molecule has 22 heavy (non-hydrogen) atoms. The summed E-state index contributed by atoms with van der Waals surface area (Å²) in [7, 11) is 3.15. The summed E-state index contributed by atoms with van der Waals surface area (Å²) >= 11 is 5.76. The number of ether oxygens (including phenoxy) is 2. The first-order chi connectivity index (χ1) is 10.7. The van der Waals surface area contributed by atoms with Gasteiger partial charge in [-0.05, 0) is 30.3 Å². The van der Waals surface area contributed by atoms with Crippen molar-refractivity contribution in [3.8, 4) is 34.3 Å². The molecule has 3 aromatic rings. The number of hydrogen-bond donors (Lipinski definition) is 0. The van der Waals surface area contributed by atoms with Gasteiger partial charge in [0.25, 0.3) is 5.89 Å². The van der Waals surface area contributed by atoms with Gasteiger partial charge in [-0.2, -0.15) is 4.98 Å². The topological polar surface area (TPSA) is 70.3 Å². The zero-order valence-electron chi connectivity index (χ0n) is 11.9. The highest BCUT2D eigenvalue weighted by Crippen LogP contribution is 2.31. The first kappa shape index (κ1) is 14.3. The zero-order valence-corrected chi connectivity index (χ0v) is 12.7. The Morgan fingerprint density at radius 2 is 1.77 bits per heavy atom. The molecule has 1 aromatic carbocycles. The Labute approximate surface area is 131 Å². The second kappa shape index (κ2) is 6.03. The van der Waals surface area contributed by atoms with Crippen LogP contribution >= 0.6 is 11.6 Å². The average molecular weight is 318 g/mol. The quantitative estimate of drug-likeness (QED) is 0.686. The fraction of sp³-hybridized carbons (Fsp3) is 0.133. The maximum Gasteiger partial charge on any atom is 0.259 e. The van der Waals surface area contributed by atoms with Crippen molar-refractivity contribution in [2.24, 2.45) is 0 Å². The van der Waals surface area contributed by atoms with Gasteiger partial charge in [0.2, 0.25) is 5.82 Å². The van der Waals surface area contributed by atoms with Crippen LogP contribution in [-0.2, 0) is 0 Å². The van der Waals surface area contributed by atoms with Gasteiger partial charge in [0.05, 0.1) is 19.8 Å². The summed E-state index contributed by atoms with van der Waals surface area (Å²) < 4.78 is 15.7. The van der Waals surface area contributed by atoms with Crippen LogP contribution in [-0.4, -0.2) is 29.3 Å². The molecule has 0 saturated carbocycles. The van der Waals surface area contributed by atoms with Gasteiger partial charge < -0.3 is 14.0 Å². The van der Waals surface area contributed by atoms with E-state index in [1.54, 1.807) is 44.7 Å². The molecule has 0 fully saturated rings. The Morgan fingerprint density at radius 3 is 2.45 bits per heavy atom. The lowest BCUT2D eigenvalue weighted by atomic mass is 10.2. The van der Waals surface area contributed by atoms with Crippen molar-refractivity contribution in [3.05, 3.63) is 41.7 Å². The Morgan fingerprint density at radius 1 is 1.00 bits per heavy atom. The lowest BCUT2D eigenvalue weighted by molar-refractivity contribution is 0.355. The molecule has 7 heteroatoms. The van der Waals surface area contributed by atoms with Gasteiger partial charge in [-0.1, -0.05) is 16.8 Å². The molecule has 0 spiro atoms. The molecular formula is C15H12ClN3O3. The number of hydrogen-bond acceptors (Lipinski definition) is 6. The van der Waals surface area contributed by atoms with Crippen molar-refractivity contribution in [1.29, 1.82) is 0 Å². The zero-order chi connectivity index (χ0) is 15.5. The Bertz CT molecular complexity index is 787. The summed E-state index contributed by atoms with van der Waals surface area (Å²) in [6, 6.07) is 8.83. The number of halogens is 1. The van der Waals surface area contributed by atoms with Gasteiger partial charge in [-0.25, -0.2) is 4.98 Å². The van der Waals surface area contributed by atoms with Crippen molar-refractivity contribution in [3.63, 3.8) is 0 Å². The number of aromatic nitrogens is 3. The van der Waals surface area contributed by atoms with Crippen LogP contribution in [0.15, 0.2) is 41.1 Å². The van der Waals surface area contributed by atoms with Crippen LogP contribution in [0.25, 0.3) is 22.8 Å². The van der Waals surface area contributed by atoms with Crippen LogP contribution in [0.5, 0.6) is 11.5 Å². The fourth-order valence-electron chi connectivity index (χ4n) is 1.94. The van der Waals surface area contributed by atoms with E-state index in [2.05, 4.69) is 15.1 Å². The van der Waals surface area contributed by atoms with Crippen LogP contribution in [0.4, 0.5) is 0 Å². The lowest BCUT2D eigenvalue weighted by Gasteiger charge is -2.07. The Hall–Kier alpha value is -2.60. The molecule has 2 heterocycles. The molecule has 2 aromatic heterocycles. The van der Waals surface area contributed by atoms with Crippen LogP contribution in [0, 0.1) is 0 Å². The van der Waals surface area contributed by atoms with E-state index >= 15 is 0 Å². The van der Waals surface area contributed by atoms with Crippen LogP contribution in [0.3, 0.4) is 0 Å². The van der Waals surface area contributed by atoms with E-state index in [1.807, 2.05) is 6.07 Å². The van der Waals surface area contributed by atoms with E-state index in [0.717, 1.165) is 5.56 Å². The van der Waals surface area contributed by atoms with E-state index in [9.17, 15) is 0 Å². The van der Waals surface area contributed by atoms with Crippen molar-refractivity contribution in [2.75, 3.05) is 14.2 Å². The van der Waals surface area contributed by atoms with Crippen molar-refractivity contribution in [1.82, 2.24) is 15.1 Å². The molecule has 0 N–H and O–H groups in total. The van der Waals surface area contributed by atoms with Crippen molar-refractivity contribution in [2.45, 2.75) is 0 Å². The van der Waals surface area contributed by atoms with Gasteiger partial charge in [0.15, 0.2) is 11.5 Å². The standard InChI is InChI=1S/C15H12ClN3O3/c1-20-11-5-3-9(7-12(11)21-2)14-18-15(22-19-14)10-4-6-13(16)17-8-10/h3-8H,1-2H3. The second-order valence-electron chi connectivity index (χ2n) is 4.36. The van der Waals surface area contributed by atoms with Gasteiger partial charge in [0, 0.05) is 11.8 Å². The summed E-state index contributed by atoms with van der Waals surface area (Å²) in [6.45, 7) is 0. The molecule has 112 valence electrons. The Kier molecular flexibility index (Phi) is 3.93. The number of pyridine rings is 1. The molecule has 0 aliphatic carbocycles. The van der Waals surface area contributed by atoms with Crippen molar-refractivity contribution < 1.29 is 14.0 Å². The molecule has 0 amide bonds. The third-order valence-electron chi connectivity index (χ3n) is 3.04. The minimum atomic E-state index is 0.369. The van der Waals surface area contributed by atoms with Crippen LogP contribution in [0.1, 0.15) is 0 Å². The highest BCUT2D eigenvalue weighted by molar-refractivity contribution is 6.29. The lowest BCUT2D eigenvalue weighted by Crippen LogP contribution is -1.91. The van der Waals surface area contributed by atoms with E-state index in [1.165, 1.54) is 0 Å². The second-order valence-corrected chi connectivity index (χ2v) is 4.75. The molecule has 0 aliphatic heterocycles. The van der Waals surface area contributed by atoms with Gasteiger partial charge >= 0.3 is 0 Å². The first-order valence-corrected chi connectivity index (χ1v) is 6.77. The number of nitrogens with zero attached hydrogens (tertiary/aromatic N) is 3. The van der Waals surface area contributed by atoms with Gasteiger partial charge in [-0.15, -0.1) is 0 Å². The summed E-state index contributed by atoms with van der Waals surface area (Å²) in [5.74, 6) is 2.05. The monoisotopic (exact) mass is 317 g/mol. The van der Waals surface area contributed by atoms with Crippen LogP contribution in [0.2, 0.25) is 5.15 Å². The fourth-order valence-corrected chi connectivity index (χ4v) is 2.05. The predicted octanol–water partition coefficient (Wildman–Crippen LogP) is 3.47. The highest BCUT2D eigenvalue weighted by Gasteiger charge is 2.13. The van der Waals surface area contributed by atoms with Crippen LogP contribution < -0.4 is 9.47 Å². The average Bonchev–Trinajstić information content (AvgIpc) is 3.05. The van der Waals surface area contributed by atoms with E-state index in [4.69, 9.17) is 25.6 Å². The number of benzene rings is 1. The predicted molar refractivity (Wildman–Crippen MR) is 81.1 cm³/mol. The first-order valence-electron chi connectivity index (χ1n) is 6.39.